The number of amides is 1. The van der Waals surface area contributed by atoms with E-state index in [0.29, 0.717) is 23.1 Å². The predicted molar refractivity (Wildman–Crippen MR) is 100 cm³/mol. The first kappa shape index (κ1) is 18.6. The number of ether oxygens (including phenoxy) is 1. The Hall–Kier alpha value is -2.15. The van der Waals surface area contributed by atoms with Crippen LogP contribution in [0.2, 0.25) is 0 Å². The van der Waals surface area contributed by atoms with Crippen molar-refractivity contribution in [2.75, 3.05) is 12.9 Å². The van der Waals surface area contributed by atoms with Gasteiger partial charge in [-0.25, -0.2) is 4.98 Å². The molecule has 3 rings (SSSR count). The average Bonchev–Trinajstić information content (AvgIpc) is 3.25. The molecule has 1 aromatic carbocycles. The van der Waals surface area contributed by atoms with E-state index in [9.17, 15) is 9.00 Å². The lowest BCUT2D eigenvalue weighted by atomic mass is 10.2. The Balaban J connectivity index is 1.61. The van der Waals surface area contributed by atoms with Gasteiger partial charge in [0.05, 0.1) is 18.6 Å². The molecule has 2 aromatic rings. The van der Waals surface area contributed by atoms with E-state index in [2.05, 4.69) is 10.3 Å². The van der Waals surface area contributed by atoms with Gasteiger partial charge in [0.1, 0.15) is 17.3 Å². The highest BCUT2D eigenvalue weighted by atomic mass is 32.2. The Morgan fingerprint density at radius 2 is 2.15 bits per heavy atom. The number of hydrogen-bond donors (Lipinski definition) is 1. The molecule has 1 aliphatic carbocycles. The number of carbonyl (C=O) groups is 1. The van der Waals surface area contributed by atoms with Crippen molar-refractivity contribution in [3.63, 3.8) is 0 Å². The van der Waals surface area contributed by atoms with Crippen molar-refractivity contribution in [2.24, 2.45) is 0 Å². The molecular weight excluding hydrogens is 352 g/mol. The molecule has 0 unspecified atom stereocenters. The minimum absolute atomic E-state index is 0.00269. The fourth-order valence-corrected chi connectivity index (χ4v) is 4.18. The SMILES string of the molecule is COc1cccc(-c2nc(C[S@@](=O)CC(=O)NC3CCCC3)c(C)o2)c1. The molecule has 6 nitrogen and oxygen atoms in total. The zero-order chi connectivity index (χ0) is 18.5. The van der Waals surface area contributed by atoms with Crippen molar-refractivity contribution in [2.45, 2.75) is 44.4 Å². The fraction of sp³-hybridized carbons (Fsp3) is 0.474. The standard InChI is InChI=1S/C19H24N2O4S/c1-13-17(11-26(23)12-18(22)20-15-7-3-4-8-15)21-19(25-13)14-6-5-9-16(10-14)24-2/h5-6,9-10,15H,3-4,7-8,11-12H2,1-2H3,(H,20,22)/t26-/m1/s1. The highest BCUT2D eigenvalue weighted by molar-refractivity contribution is 7.84. The van der Waals surface area contributed by atoms with Gasteiger partial charge < -0.3 is 14.5 Å². The molecule has 1 amide bonds. The van der Waals surface area contributed by atoms with E-state index in [1.54, 1.807) is 14.0 Å². The minimum Gasteiger partial charge on any atom is -0.497 e. The van der Waals surface area contributed by atoms with Gasteiger partial charge in [-0.1, -0.05) is 18.9 Å². The van der Waals surface area contributed by atoms with Crippen LogP contribution in [0, 0.1) is 6.92 Å². The summed E-state index contributed by atoms with van der Waals surface area (Å²) in [6, 6.07) is 7.66. The molecule has 1 saturated carbocycles. The number of nitrogens with one attached hydrogen (secondary N) is 1. The summed E-state index contributed by atoms with van der Waals surface area (Å²) in [6.45, 7) is 1.79. The van der Waals surface area contributed by atoms with Crippen molar-refractivity contribution >= 4 is 16.7 Å². The summed E-state index contributed by atoms with van der Waals surface area (Å²) in [7, 11) is 0.283. The molecular formula is C19H24N2O4S. The molecule has 0 saturated heterocycles. The second-order valence-electron chi connectivity index (χ2n) is 6.53. The second kappa shape index (κ2) is 8.49. The van der Waals surface area contributed by atoms with E-state index in [-0.39, 0.29) is 23.5 Å². The number of aryl methyl sites for hydroxylation is 1. The lowest BCUT2D eigenvalue weighted by Crippen LogP contribution is -2.35. The summed E-state index contributed by atoms with van der Waals surface area (Å²) in [5.41, 5.74) is 1.42. The Kier molecular flexibility index (Phi) is 6.08. The predicted octanol–water partition coefficient (Wildman–Crippen LogP) is 2.97. The highest BCUT2D eigenvalue weighted by Gasteiger charge is 2.20. The van der Waals surface area contributed by atoms with Gasteiger partial charge >= 0.3 is 0 Å². The Labute approximate surface area is 155 Å². The van der Waals surface area contributed by atoms with Crippen LogP contribution in [0.25, 0.3) is 11.5 Å². The maximum atomic E-state index is 12.3. The van der Waals surface area contributed by atoms with Crippen LogP contribution >= 0.6 is 0 Å². The van der Waals surface area contributed by atoms with Crippen LogP contribution in [-0.2, 0) is 21.3 Å². The van der Waals surface area contributed by atoms with Crippen molar-refractivity contribution in [1.82, 2.24) is 10.3 Å². The summed E-state index contributed by atoms with van der Waals surface area (Å²) in [6.07, 6.45) is 4.34. The summed E-state index contributed by atoms with van der Waals surface area (Å²) in [5.74, 6) is 1.85. The zero-order valence-corrected chi connectivity index (χ0v) is 15.9. The minimum atomic E-state index is -1.32. The molecule has 0 aliphatic heterocycles. The second-order valence-corrected chi connectivity index (χ2v) is 7.99. The quantitative estimate of drug-likeness (QED) is 0.803. The van der Waals surface area contributed by atoms with Crippen molar-refractivity contribution in [3.05, 3.63) is 35.7 Å². The van der Waals surface area contributed by atoms with Gasteiger partial charge in [0.2, 0.25) is 11.8 Å². The van der Waals surface area contributed by atoms with E-state index in [1.807, 2.05) is 24.3 Å². The lowest BCUT2D eigenvalue weighted by molar-refractivity contribution is -0.119. The molecule has 0 radical (unpaired) electrons. The third-order valence-corrected chi connectivity index (χ3v) is 5.70. The Morgan fingerprint density at radius 1 is 1.38 bits per heavy atom. The van der Waals surface area contributed by atoms with E-state index in [1.165, 1.54) is 0 Å². The number of hydrogen-bond acceptors (Lipinski definition) is 5. The highest BCUT2D eigenvalue weighted by Crippen LogP contribution is 2.25. The number of benzene rings is 1. The molecule has 1 heterocycles. The summed E-state index contributed by atoms with van der Waals surface area (Å²) >= 11 is 0. The van der Waals surface area contributed by atoms with Crippen LogP contribution in [0.1, 0.15) is 37.1 Å². The van der Waals surface area contributed by atoms with Gasteiger partial charge in [0.15, 0.2) is 0 Å². The third-order valence-electron chi connectivity index (χ3n) is 4.52. The van der Waals surface area contributed by atoms with Gasteiger partial charge in [-0.05, 0) is 38.0 Å². The van der Waals surface area contributed by atoms with E-state index in [0.717, 1.165) is 31.2 Å². The van der Waals surface area contributed by atoms with E-state index in [4.69, 9.17) is 9.15 Å². The van der Waals surface area contributed by atoms with Gasteiger partial charge in [-0.3, -0.25) is 9.00 Å². The largest absolute Gasteiger partial charge is 0.497 e. The lowest BCUT2D eigenvalue weighted by Gasteiger charge is -2.11. The number of methoxy groups -OCH3 is 1. The monoisotopic (exact) mass is 376 g/mol. The number of oxazole rings is 1. The van der Waals surface area contributed by atoms with Crippen molar-refractivity contribution in [3.8, 4) is 17.2 Å². The molecule has 1 aromatic heterocycles. The summed E-state index contributed by atoms with van der Waals surface area (Å²) < 4.78 is 23.3. The van der Waals surface area contributed by atoms with Gasteiger partial charge in [-0.15, -0.1) is 0 Å². The molecule has 26 heavy (non-hydrogen) atoms. The van der Waals surface area contributed by atoms with E-state index < -0.39 is 10.8 Å². The molecule has 1 atom stereocenters. The van der Waals surface area contributed by atoms with Crippen LogP contribution in [0.4, 0.5) is 0 Å². The normalized spacial score (nSPS) is 15.8. The maximum absolute atomic E-state index is 12.3. The van der Waals surface area contributed by atoms with Crippen LogP contribution in [0.3, 0.4) is 0 Å². The number of nitrogens with zero attached hydrogens (tertiary/aromatic N) is 1. The number of aromatic nitrogens is 1. The molecule has 140 valence electrons. The molecule has 0 bridgehead atoms. The van der Waals surface area contributed by atoms with Crippen LogP contribution in [0.5, 0.6) is 5.75 Å². The fourth-order valence-electron chi connectivity index (χ4n) is 3.13. The Bertz CT molecular complexity index is 797. The van der Waals surface area contributed by atoms with E-state index >= 15 is 0 Å². The maximum Gasteiger partial charge on any atom is 0.232 e. The van der Waals surface area contributed by atoms with Gasteiger partial charge in [0, 0.05) is 22.4 Å². The first-order chi connectivity index (χ1) is 12.5. The average molecular weight is 376 g/mol. The molecule has 0 spiro atoms. The van der Waals surface area contributed by atoms with Crippen LogP contribution in [0.15, 0.2) is 28.7 Å². The molecule has 7 heteroatoms. The molecule has 1 N–H and O–H groups in total. The van der Waals surface area contributed by atoms with Gasteiger partial charge in [-0.2, -0.15) is 0 Å². The van der Waals surface area contributed by atoms with Crippen LogP contribution in [-0.4, -0.2) is 34.0 Å². The smallest absolute Gasteiger partial charge is 0.232 e. The molecule has 1 fully saturated rings. The zero-order valence-electron chi connectivity index (χ0n) is 15.1. The number of rotatable bonds is 7. The summed E-state index contributed by atoms with van der Waals surface area (Å²) in [4.78, 5) is 16.5. The first-order valence-corrected chi connectivity index (χ1v) is 10.3. The first-order valence-electron chi connectivity index (χ1n) is 8.80. The van der Waals surface area contributed by atoms with Gasteiger partial charge in [0.25, 0.3) is 0 Å². The van der Waals surface area contributed by atoms with Crippen molar-refractivity contribution < 1.29 is 18.2 Å². The summed E-state index contributed by atoms with van der Waals surface area (Å²) in [5, 5.41) is 2.96. The number of carbonyl (C=O) groups excluding carboxylic acids is 1. The molecule has 1 aliphatic rings. The van der Waals surface area contributed by atoms with Crippen molar-refractivity contribution in [1.29, 1.82) is 0 Å². The topological polar surface area (TPSA) is 81.4 Å². The Morgan fingerprint density at radius 3 is 2.88 bits per heavy atom. The third kappa shape index (κ3) is 4.72. The van der Waals surface area contributed by atoms with Crippen LogP contribution < -0.4 is 10.1 Å².